The van der Waals surface area contributed by atoms with E-state index >= 15 is 0 Å². The molecule has 3 N–H and O–H groups in total. The molecule has 1 saturated heterocycles. The van der Waals surface area contributed by atoms with Crippen LogP contribution in [0.2, 0.25) is 0 Å². The van der Waals surface area contributed by atoms with Crippen LogP contribution in [0.1, 0.15) is 0 Å². The van der Waals surface area contributed by atoms with Gasteiger partial charge in [0.2, 0.25) is 0 Å². The average Bonchev–Trinajstić information content (AvgIpc) is 2.48. The number of hydrogen-bond acceptors (Lipinski definition) is 6. The molecule has 6 nitrogen and oxygen atoms in total. The molecule has 0 aromatic carbocycles. The van der Waals surface area contributed by atoms with Gasteiger partial charge in [-0.2, -0.15) is 0 Å². The summed E-state index contributed by atoms with van der Waals surface area (Å²) in [6.07, 6.45) is 6.02. The predicted molar refractivity (Wildman–Crippen MR) is 72.0 cm³/mol. The monoisotopic (exact) mass is 265 g/mol. The highest BCUT2D eigenvalue weighted by molar-refractivity contribution is 5.74. The summed E-state index contributed by atoms with van der Waals surface area (Å²) in [6, 6.07) is 0. The Hall–Kier alpha value is -1.79. The summed E-state index contributed by atoms with van der Waals surface area (Å²) < 4.78 is 10.9. The summed E-state index contributed by atoms with van der Waals surface area (Å²) >= 11 is 0. The fraction of sp³-hybridized carbons (Fsp3) is 0.462. The van der Waals surface area contributed by atoms with Crippen molar-refractivity contribution in [1.82, 2.24) is 10.2 Å². The summed E-state index contributed by atoms with van der Waals surface area (Å²) in [5.74, 6) is 0.620. The van der Waals surface area contributed by atoms with E-state index in [0.29, 0.717) is 12.3 Å². The van der Waals surface area contributed by atoms with Crippen LogP contribution in [-0.2, 0) is 9.47 Å². The van der Waals surface area contributed by atoms with Crippen molar-refractivity contribution in [1.29, 1.82) is 5.41 Å². The molecule has 19 heavy (non-hydrogen) atoms. The molecular weight excluding hydrogens is 246 g/mol. The Labute approximate surface area is 112 Å². The lowest BCUT2D eigenvalue weighted by Crippen LogP contribution is -2.38. The zero-order chi connectivity index (χ0) is 13.5. The summed E-state index contributed by atoms with van der Waals surface area (Å²) in [5.41, 5.74) is 0.496. The van der Waals surface area contributed by atoms with Crippen molar-refractivity contribution in [2.75, 3.05) is 39.5 Å². The first-order valence-electron chi connectivity index (χ1n) is 6.31. The number of rotatable bonds is 5. The zero-order valence-electron chi connectivity index (χ0n) is 10.8. The van der Waals surface area contributed by atoms with Crippen molar-refractivity contribution in [2.45, 2.75) is 0 Å². The van der Waals surface area contributed by atoms with Crippen molar-refractivity contribution in [3.8, 4) is 0 Å². The second-order valence-corrected chi connectivity index (χ2v) is 4.27. The Morgan fingerprint density at radius 2 is 2.26 bits per heavy atom. The lowest BCUT2D eigenvalue weighted by Gasteiger charge is -2.26. The number of aliphatic hydroxyl groups is 1. The molecule has 6 heteroatoms. The van der Waals surface area contributed by atoms with Gasteiger partial charge in [0, 0.05) is 25.8 Å². The van der Waals surface area contributed by atoms with Crippen molar-refractivity contribution >= 4 is 6.21 Å². The first-order valence-corrected chi connectivity index (χ1v) is 6.31. The maximum Gasteiger partial charge on any atom is 0.156 e. The van der Waals surface area contributed by atoms with E-state index in [1.807, 2.05) is 0 Å². The maximum atomic E-state index is 9.35. The summed E-state index contributed by atoms with van der Waals surface area (Å²) in [7, 11) is 0. The standard InChI is InChI=1S/C13H19N3O3/c14-9-13(17)12-2-1-11(10-15-12)19-8-5-16-3-6-18-7-4-16/h1-2,9-10,14-15,17H,3-8H2/b13-12+,14-9?. The second kappa shape index (κ2) is 6.96. The van der Waals surface area contributed by atoms with E-state index in [2.05, 4.69) is 10.2 Å². The van der Waals surface area contributed by atoms with E-state index in [-0.39, 0.29) is 5.76 Å². The van der Waals surface area contributed by atoms with E-state index in [1.165, 1.54) is 0 Å². The third kappa shape index (κ3) is 4.11. The highest BCUT2D eigenvalue weighted by Gasteiger charge is 2.10. The molecule has 2 aliphatic heterocycles. The quantitative estimate of drug-likeness (QED) is 0.505. The first kappa shape index (κ1) is 13.6. The Balaban J connectivity index is 1.72. The molecule has 0 unspecified atom stereocenters. The van der Waals surface area contributed by atoms with E-state index in [9.17, 15) is 5.11 Å². The number of ether oxygens (including phenoxy) is 2. The molecule has 0 aromatic heterocycles. The number of hydrogen-bond donors (Lipinski definition) is 3. The van der Waals surface area contributed by atoms with Gasteiger partial charge in [-0.3, -0.25) is 4.90 Å². The first-order chi connectivity index (χ1) is 9.29. The van der Waals surface area contributed by atoms with Crippen molar-refractivity contribution in [3.63, 3.8) is 0 Å². The fourth-order valence-corrected chi connectivity index (χ4v) is 1.85. The Morgan fingerprint density at radius 1 is 1.47 bits per heavy atom. The van der Waals surface area contributed by atoms with Crippen molar-refractivity contribution < 1.29 is 14.6 Å². The third-order valence-electron chi connectivity index (χ3n) is 2.98. The highest BCUT2D eigenvalue weighted by atomic mass is 16.5. The number of dihydropyridines is 1. The van der Waals surface area contributed by atoms with E-state index in [4.69, 9.17) is 14.9 Å². The van der Waals surface area contributed by atoms with Crippen LogP contribution in [-0.4, -0.2) is 55.7 Å². The lowest BCUT2D eigenvalue weighted by molar-refractivity contribution is 0.0280. The summed E-state index contributed by atoms with van der Waals surface area (Å²) in [6.45, 7) is 4.99. The highest BCUT2D eigenvalue weighted by Crippen LogP contribution is 2.10. The third-order valence-corrected chi connectivity index (χ3v) is 2.98. The van der Waals surface area contributed by atoms with Crippen LogP contribution in [0.25, 0.3) is 0 Å². The van der Waals surface area contributed by atoms with Gasteiger partial charge in [0.1, 0.15) is 12.4 Å². The number of aliphatic hydroxyl groups excluding tert-OH is 1. The molecule has 0 saturated carbocycles. The summed E-state index contributed by atoms with van der Waals surface area (Å²) in [4.78, 5) is 2.30. The van der Waals surface area contributed by atoms with Crippen LogP contribution in [0.3, 0.4) is 0 Å². The topological polar surface area (TPSA) is 77.8 Å². The molecule has 0 aliphatic carbocycles. The molecule has 2 rings (SSSR count). The maximum absolute atomic E-state index is 9.35. The van der Waals surface area contributed by atoms with Gasteiger partial charge < -0.3 is 25.3 Å². The van der Waals surface area contributed by atoms with Crippen LogP contribution in [0.15, 0.2) is 35.6 Å². The van der Waals surface area contributed by atoms with Gasteiger partial charge in [-0.25, -0.2) is 0 Å². The van der Waals surface area contributed by atoms with Crippen molar-refractivity contribution in [3.05, 3.63) is 35.6 Å². The summed E-state index contributed by atoms with van der Waals surface area (Å²) in [5, 5.41) is 19.2. The molecule has 0 aromatic rings. The Kier molecular flexibility index (Phi) is 5.00. The minimum atomic E-state index is -0.0973. The number of morpholine rings is 1. The molecule has 2 aliphatic rings. The van der Waals surface area contributed by atoms with Gasteiger partial charge in [0.15, 0.2) is 5.76 Å². The Bertz CT molecular complexity index is 409. The van der Waals surface area contributed by atoms with Gasteiger partial charge in [-0.15, -0.1) is 0 Å². The largest absolute Gasteiger partial charge is 0.504 e. The minimum absolute atomic E-state index is 0.0973. The number of allylic oxidation sites excluding steroid dienone is 3. The van der Waals surface area contributed by atoms with Gasteiger partial charge >= 0.3 is 0 Å². The minimum Gasteiger partial charge on any atom is -0.504 e. The molecule has 1 fully saturated rings. The molecule has 0 atom stereocenters. The van der Waals surface area contributed by atoms with E-state index in [1.54, 1.807) is 18.4 Å². The molecular formula is C13H19N3O3. The molecule has 2 heterocycles. The zero-order valence-corrected chi connectivity index (χ0v) is 10.8. The second-order valence-electron chi connectivity index (χ2n) is 4.27. The van der Waals surface area contributed by atoms with Gasteiger partial charge in [0.25, 0.3) is 0 Å². The number of nitrogens with one attached hydrogen (secondary N) is 2. The molecule has 104 valence electrons. The van der Waals surface area contributed by atoms with E-state index < -0.39 is 0 Å². The van der Waals surface area contributed by atoms with Gasteiger partial charge in [-0.05, 0) is 12.2 Å². The molecule has 0 bridgehead atoms. The van der Waals surface area contributed by atoms with Crippen molar-refractivity contribution in [2.24, 2.45) is 0 Å². The molecule has 0 spiro atoms. The van der Waals surface area contributed by atoms with Gasteiger partial charge in [-0.1, -0.05) is 0 Å². The smallest absolute Gasteiger partial charge is 0.156 e. The number of nitrogens with zero attached hydrogens (tertiary/aromatic N) is 1. The molecule has 0 radical (unpaired) electrons. The lowest BCUT2D eigenvalue weighted by atomic mass is 10.2. The van der Waals surface area contributed by atoms with Crippen LogP contribution >= 0.6 is 0 Å². The predicted octanol–water partition coefficient (Wildman–Crippen LogP) is 0.755. The van der Waals surface area contributed by atoms with Crippen LogP contribution in [0.5, 0.6) is 0 Å². The molecule has 0 amide bonds. The van der Waals surface area contributed by atoms with Gasteiger partial charge in [0.05, 0.1) is 25.1 Å². The van der Waals surface area contributed by atoms with E-state index in [0.717, 1.165) is 44.8 Å². The SMILES string of the molecule is N=C/C(O)=C1/C=CC(OCCN2CCOCC2)=CN1. The fourth-order valence-electron chi connectivity index (χ4n) is 1.85. The van der Waals surface area contributed by atoms with Crippen LogP contribution in [0.4, 0.5) is 0 Å². The van der Waals surface area contributed by atoms with Crippen LogP contribution in [0, 0.1) is 5.41 Å². The average molecular weight is 265 g/mol. The van der Waals surface area contributed by atoms with Crippen LogP contribution < -0.4 is 5.32 Å². The normalized spacial score (nSPS) is 22.4. The Morgan fingerprint density at radius 3 is 2.89 bits per heavy atom.